The SMILES string of the molecule is COc1ccc(S(=O)(=O)N2CCCC2)cc1CCC(=O)NCc1cccc(C)c1. The summed E-state index contributed by atoms with van der Waals surface area (Å²) >= 11 is 0. The molecule has 1 amide bonds. The smallest absolute Gasteiger partial charge is 0.243 e. The fourth-order valence-electron chi connectivity index (χ4n) is 3.55. The number of nitrogens with one attached hydrogen (secondary N) is 1. The summed E-state index contributed by atoms with van der Waals surface area (Å²) in [6, 6.07) is 12.9. The minimum Gasteiger partial charge on any atom is -0.496 e. The topological polar surface area (TPSA) is 75.7 Å². The number of sulfonamides is 1. The number of nitrogens with zero attached hydrogens (tertiary/aromatic N) is 1. The fourth-order valence-corrected chi connectivity index (χ4v) is 5.12. The van der Waals surface area contributed by atoms with Gasteiger partial charge in [0.25, 0.3) is 0 Å². The first-order valence-corrected chi connectivity index (χ1v) is 11.3. The molecule has 0 aliphatic carbocycles. The zero-order valence-corrected chi connectivity index (χ0v) is 17.8. The number of methoxy groups -OCH3 is 1. The molecule has 6 nitrogen and oxygen atoms in total. The first-order chi connectivity index (χ1) is 13.9. The van der Waals surface area contributed by atoms with Crippen LogP contribution >= 0.6 is 0 Å². The number of aryl methyl sites for hydroxylation is 2. The fraction of sp³-hybridized carbons (Fsp3) is 0.409. The van der Waals surface area contributed by atoms with Gasteiger partial charge in [0.1, 0.15) is 5.75 Å². The van der Waals surface area contributed by atoms with E-state index in [1.165, 1.54) is 4.31 Å². The number of amides is 1. The standard InChI is InChI=1S/C22H28N2O4S/c1-17-6-5-7-18(14-17)16-23-22(25)11-8-19-15-20(9-10-21(19)28-2)29(26,27)24-12-3-4-13-24/h5-7,9-10,14-15H,3-4,8,11-13,16H2,1-2H3,(H,23,25). The molecule has 1 fully saturated rings. The summed E-state index contributed by atoms with van der Waals surface area (Å²) in [4.78, 5) is 12.5. The summed E-state index contributed by atoms with van der Waals surface area (Å²) in [7, 11) is -1.95. The zero-order valence-electron chi connectivity index (χ0n) is 17.0. The molecule has 1 aliphatic heterocycles. The van der Waals surface area contributed by atoms with E-state index in [1.54, 1.807) is 25.3 Å². The number of hydrogen-bond donors (Lipinski definition) is 1. The first kappa shape index (κ1) is 21.3. The Labute approximate surface area is 172 Å². The van der Waals surface area contributed by atoms with Gasteiger partial charge in [-0.15, -0.1) is 0 Å². The average Bonchev–Trinajstić information content (AvgIpc) is 3.26. The number of ether oxygens (including phenoxy) is 1. The van der Waals surface area contributed by atoms with Crippen molar-refractivity contribution in [1.82, 2.24) is 9.62 Å². The van der Waals surface area contributed by atoms with Crippen LogP contribution in [0.3, 0.4) is 0 Å². The Hall–Kier alpha value is -2.38. The van der Waals surface area contributed by atoms with Crippen molar-refractivity contribution in [3.63, 3.8) is 0 Å². The summed E-state index contributed by atoms with van der Waals surface area (Å²) in [5.41, 5.74) is 2.92. The molecule has 29 heavy (non-hydrogen) atoms. The summed E-state index contributed by atoms with van der Waals surface area (Å²) in [6.07, 6.45) is 2.45. The van der Waals surface area contributed by atoms with Crippen LogP contribution in [-0.2, 0) is 27.8 Å². The van der Waals surface area contributed by atoms with E-state index in [-0.39, 0.29) is 17.2 Å². The Morgan fingerprint density at radius 1 is 1.14 bits per heavy atom. The van der Waals surface area contributed by atoms with E-state index in [4.69, 9.17) is 4.74 Å². The van der Waals surface area contributed by atoms with Gasteiger partial charge in [-0.05, 0) is 55.5 Å². The summed E-state index contributed by atoms with van der Waals surface area (Å²) < 4.78 is 32.5. The monoisotopic (exact) mass is 416 g/mol. The van der Waals surface area contributed by atoms with Crippen LogP contribution in [0.1, 0.15) is 36.0 Å². The molecule has 0 spiro atoms. The Bertz CT molecular complexity index is 967. The van der Waals surface area contributed by atoms with Gasteiger partial charge in [0.2, 0.25) is 15.9 Å². The number of carbonyl (C=O) groups is 1. The molecule has 0 saturated carbocycles. The summed E-state index contributed by atoms with van der Waals surface area (Å²) in [5, 5.41) is 2.92. The minimum atomic E-state index is -3.50. The van der Waals surface area contributed by atoms with E-state index in [2.05, 4.69) is 5.32 Å². The average molecular weight is 417 g/mol. The van der Waals surface area contributed by atoms with Crippen molar-refractivity contribution in [3.05, 3.63) is 59.2 Å². The maximum atomic E-state index is 12.8. The number of benzene rings is 2. The van der Waals surface area contributed by atoms with Crippen molar-refractivity contribution in [2.75, 3.05) is 20.2 Å². The molecule has 0 radical (unpaired) electrons. The number of hydrogen-bond acceptors (Lipinski definition) is 4. The van der Waals surface area contributed by atoms with Gasteiger partial charge >= 0.3 is 0 Å². The van der Waals surface area contributed by atoms with Crippen molar-refractivity contribution >= 4 is 15.9 Å². The van der Waals surface area contributed by atoms with Crippen molar-refractivity contribution in [2.24, 2.45) is 0 Å². The van der Waals surface area contributed by atoms with Gasteiger partial charge < -0.3 is 10.1 Å². The highest BCUT2D eigenvalue weighted by Crippen LogP contribution is 2.27. The van der Waals surface area contributed by atoms with Gasteiger partial charge in [-0.3, -0.25) is 4.79 Å². The summed E-state index contributed by atoms with van der Waals surface area (Å²) in [6.45, 7) is 3.61. The third-order valence-corrected chi connectivity index (χ3v) is 7.04. The lowest BCUT2D eigenvalue weighted by Crippen LogP contribution is -2.28. The van der Waals surface area contributed by atoms with Gasteiger partial charge in [0.15, 0.2) is 0 Å². The lowest BCUT2D eigenvalue weighted by molar-refractivity contribution is -0.121. The van der Waals surface area contributed by atoms with Crippen molar-refractivity contribution in [1.29, 1.82) is 0 Å². The van der Waals surface area contributed by atoms with E-state index in [1.807, 2.05) is 31.2 Å². The zero-order chi connectivity index (χ0) is 20.9. The third kappa shape index (κ3) is 5.36. The third-order valence-electron chi connectivity index (χ3n) is 5.15. The second kappa shape index (κ2) is 9.41. The molecular formula is C22H28N2O4S. The molecule has 2 aromatic carbocycles. The van der Waals surface area contributed by atoms with Crippen molar-refractivity contribution in [2.45, 2.75) is 44.0 Å². The molecule has 1 aliphatic rings. The first-order valence-electron chi connectivity index (χ1n) is 9.89. The Balaban J connectivity index is 1.65. The minimum absolute atomic E-state index is 0.0821. The van der Waals surface area contributed by atoms with Gasteiger partial charge in [0.05, 0.1) is 12.0 Å². The molecule has 0 bridgehead atoms. The van der Waals surface area contributed by atoms with Crippen LogP contribution in [0.15, 0.2) is 47.4 Å². The normalized spacial score (nSPS) is 14.7. The van der Waals surface area contributed by atoms with E-state index in [9.17, 15) is 13.2 Å². The molecule has 1 heterocycles. The lowest BCUT2D eigenvalue weighted by atomic mass is 10.1. The number of carbonyl (C=O) groups excluding carboxylic acids is 1. The highest BCUT2D eigenvalue weighted by Gasteiger charge is 2.27. The van der Waals surface area contributed by atoms with Gasteiger partial charge in [-0.2, -0.15) is 4.31 Å². The van der Waals surface area contributed by atoms with Gasteiger partial charge in [-0.25, -0.2) is 8.42 Å². The van der Waals surface area contributed by atoms with Gasteiger partial charge in [0, 0.05) is 26.1 Å². The highest BCUT2D eigenvalue weighted by molar-refractivity contribution is 7.89. The van der Waals surface area contributed by atoms with Crippen LogP contribution in [-0.4, -0.2) is 38.8 Å². The van der Waals surface area contributed by atoms with Crippen molar-refractivity contribution < 1.29 is 17.9 Å². The predicted molar refractivity (Wildman–Crippen MR) is 112 cm³/mol. The van der Waals surface area contributed by atoms with E-state index >= 15 is 0 Å². The quantitative estimate of drug-likeness (QED) is 0.718. The van der Waals surface area contributed by atoms with Crippen LogP contribution in [0, 0.1) is 6.92 Å². The Kier molecular flexibility index (Phi) is 6.92. The highest BCUT2D eigenvalue weighted by atomic mass is 32.2. The second-order valence-electron chi connectivity index (χ2n) is 7.35. The lowest BCUT2D eigenvalue weighted by Gasteiger charge is -2.17. The summed E-state index contributed by atoms with van der Waals surface area (Å²) in [5.74, 6) is 0.512. The molecule has 0 aromatic heterocycles. The molecule has 2 aromatic rings. The Morgan fingerprint density at radius 3 is 2.59 bits per heavy atom. The van der Waals surface area contributed by atoms with Crippen LogP contribution in [0.25, 0.3) is 0 Å². The maximum Gasteiger partial charge on any atom is 0.243 e. The predicted octanol–water partition coefficient (Wildman–Crippen LogP) is 3.04. The number of rotatable bonds is 8. The molecule has 1 saturated heterocycles. The largest absolute Gasteiger partial charge is 0.496 e. The van der Waals surface area contributed by atoms with Crippen LogP contribution in [0.5, 0.6) is 5.75 Å². The van der Waals surface area contributed by atoms with Crippen LogP contribution in [0.2, 0.25) is 0 Å². The van der Waals surface area contributed by atoms with E-state index in [0.717, 1.165) is 29.5 Å². The molecular weight excluding hydrogens is 388 g/mol. The van der Waals surface area contributed by atoms with Crippen molar-refractivity contribution in [3.8, 4) is 5.75 Å². The maximum absolute atomic E-state index is 12.8. The van der Waals surface area contributed by atoms with Crippen LogP contribution in [0.4, 0.5) is 0 Å². The van der Waals surface area contributed by atoms with Gasteiger partial charge in [-0.1, -0.05) is 29.8 Å². The van der Waals surface area contributed by atoms with E-state index < -0.39 is 10.0 Å². The molecule has 0 unspecified atom stereocenters. The molecule has 156 valence electrons. The molecule has 0 atom stereocenters. The molecule has 3 rings (SSSR count). The molecule has 1 N–H and O–H groups in total. The molecule has 7 heteroatoms. The van der Waals surface area contributed by atoms with E-state index in [0.29, 0.717) is 31.8 Å². The van der Waals surface area contributed by atoms with Crippen LogP contribution < -0.4 is 10.1 Å². The second-order valence-corrected chi connectivity index (χ2v) is 9.29. The Morgan fingerprint density at radius 2 is 1.90 bits per heavy atom.